The van der Waals surface area contributed by atoms with Crippen molar-refractivity contribution in [1.29, 1.82) is 0 Å². The molecule has 1 unspecified atom stereocenters. The molecule has 1 rings (SSSR count). The van der Waals surface area contributed by atoms with E-state index >= 15 is 0 Å². The molecule has 0 saturated carbocycles. The molecule has 5 nitrogen and oxygen atoms in total. The van der Waals surface area contributed by atoms with Gasteiger partial charge in [-0.05, 0) is 31.2 Å². The minimum absolute atomic E-state index is 0.0372. The minimum Gasteiger partial charge on any atom is -0.383 e. The summed E-state index contributed by atoms with van der Waals surface area (Å²) in [5, 5.41) is 7.91. The van der Waals surface area contributed by atoms with Crippen LogP contribution in [0.25, 0.3) is 0 Å². The molecular formula is C11H17FN2O3S. The van der Waals surface area contributed by atoms with E-state index in [2.05, 4.69) is 5.32 Å². The first kappa shape index (κ1) is 15.0. The SMILES string of the molecule is CNC(COC)Cc1ccc(S(N)(=O)=O)cc1F. The van der Waals surface area contributed by atoms with E-state index in [0.717, 1.165) is 6.07 Å². The molecule has 0 aliphatic carbocycles. The van der Waals surface area contributed by atoms with Gasteiger partial charge >= 0.3 is 0 Å². The Balaban J connectivity index is 2.92. The number of hydrogen-bond donors (Lipinski definition) is 2. The third kappa shape index (κ3) is 4.02. The highest BCUT2D eigenvalue weighted by molar-refractivity contribution is 7.89. The summed E-state index contributed by atoms with van der Waals surface area (Å²) in [7, 11) is -0.556. The molecule has 7 heteroatoms. The van der Waals surface area contributed by atoms with E-state index in [4.69, 9.17) is 9.88 Å². The summed E-state index contributed by atoms with van der Waals surface area (Å²) in [5.41, 5.74) is 0.416. The molecule has 1 aromatic carbocycles. The molecule has 0 aliphatic rings. The second-order valence-corrected chi connectivity index (χ2v) is 5.50. The molecular weight excluding hydrogens is 259 g/mol. The van der Waals surface area contributed by atoms with Gasteiger partial charge in [0.25, 0.3) is 0 Å². The fraction of sp³-hybridized carbons (Fsp3) is 0.455. The normalized spacial score (nSPS) is 13.6. The van der Waals surface area contributed by atoms with Crippen molar-refractivity contribution in [3.05, 3.63) is 29.6 Å². The largest absolute Gasteiger partial charge is 0.383 e. The van der Waals surface area contributed by atoms with E-state index in [1.165, 1.54) is 12.1 Å². The molecule has 0 heterocycles. The van der Waals surface area contributed by atoms with E-state index in [1.807, 2.05) is 0 Å². The summed E-state index contributed by atoms with van der Waals surface area (Å²) < 4.78 is 40.8. The Hall–Kier alpha value is -1.02. The summed E-state index contributed by atoms with van der Waals surface area (Å²) in [4.78, 5) is -0.225. The van der Waals surface area contributed by atoms with Crippen molar-refractivity contribution in [1.82, 2.24) is 5.32 Å². The predicted octanol–water partition coefficient (Wildman–Crippen LogP) is 0.250. The van der Waals surface area contributed by atoms with Gasteiger partial charge in [0.1, 0.15) is 5.82 Å². The number of sulfonamides is 1. The van der Waals surface area contributed by atoms with Crippen molar-refractivity contribution in [2.45, 2.75) is 17.4 Å². The quantitative estimate of drug-likeness (QED) is 0.780. The van der Waals surface area contributed by atoms with Gasteiger partial charge in [0.2, 0.25) is 10.0 Å². The van der Waals surface area contributed by atoms with Crippen LogP contribution in [0.15, 0.2) is 23.1 Å². The van der Waals surface area contributed by atoms with Crippen LogP contribution in [-0.2, 0) is 21.2 Å². The van der Waals surface area contributed by atoms with Crippen LogP contribution in [0.3, 0.4) is 0 Å². The number of primary sulfonamides is 1. The topological polar surface area (TPSA) is 81.4 Å². The lowest BCUT2D eigenvalue weighted by atomic mass is 10.1. The van der Waals surface area contributed by atoms with E-state index in [9.17, 15) is 12.8 Å². The van der Waals surface area contributed by atoms with Crippen LogP contribution in [0, 0.1) is 5.82 Å². The first-order chi connectivity index (χ1) is 8.38. The van der Waals surface area contributed by atoms with E-state index < -0.39 is 15.8 Å². The molecule has 0 aromatic heterocycles. The Kier molecular flexibility index (Phi) is 5.21. The van der Waals surface area contributed by atoms with Gasteiger partial charge in [-0.3, -0.25) is 0 Å². The number of ether oxygens (including phenoxy) is 1. The van der Waals surface area contributed by atoms with Crippen LogP contribution in [0.1, 0.15) is 5.56 Å². The molecule has 0 fully saturated rings. The zero-order valence-corrected chi connectivity index (χ0v) is 11.1. The summed E-state index contributed by atoms with van der Waals surface area (Å²) in [6.45, 7) is 0.437. The van der Waals surface area contributed by atoms with E-state index in [1.54, 1.807) is 14.2 Å². The lowest BCUT2D eigenvalue weighted by Crippen LogP contribution is -2.32. The van der Waals surface area contributed by atoms with Crippen LogP contribution in [0.4, 0.5) is 4.39 Å². The third-order valence-electron chi connectivity index (χ3n) is 2.60. The van der Waals surface area contributed by atoms with Crippen LogP contribution in [0.5, 0.6) is 0 Å². The molecule has 1 aromatic rings. The number of likely N-dealkylation sites (N-methyl/N-ethyl adjacent to an activating group) is 1. The summed E-state index contributed by atoms with van der Waals surface area (Å²) >= 11 is 0. The molecule has 0 spiro atoms. The van der Waals surface area contributed by atoms with Crippen LogP contribution in [0.2, 0.25) is 0 Å². The maximum Gasteiger partial charge on any atom is 0.238 e. The van der Waals surface area contributed by atoms with Crippen molar-refractivity contribution < 1.29 is 17.5 Å². The number of benzene rings is 1. The average Bonchev–Trinajstić information content (AvgIpc) is 2.29. The highest BCUT2D eigenvalue weighted by Gasteiger charge is 2.14. The Bertz CT molecular complexity index is 505. The average molecular weight is 276 g/mol. The number of nitrogens with two attached hydrogens (primary N) is 1. The van der Waals surface area contributed by atoms with Crippen LogP contribution in [-0.4, -0.2) is 35.2 Å². The predicted molar refractivity (Wildman–Crippen MR) is 66.2 cm³/mol. The van der Waals surface area contributed by atoms with Gasteiger partial charge in [0.05, 0.1) is 11.5 Å². The van der Waals surface area contributed by atoms with Gasteiger partial charge in [-0.25, -0.2) is 17.9 Å². The Morgan fingerprint density at radius 3 is 2.61 bits per heavy atom. The van der Waals surface area contributed by atoms with Gasteiger partial charge in [-0.15, -0.1) is 0 Å². The van der Waals surface area contributed by atoms with Crippen molar-refractivity contribution in [2.75, 3.05) is 20.8 Å². The molecule has 0 bridgehead atoms. The Morgan fingerprint density at radius 2 is 2.17 bits per heavy atom. The first-order valence-electron chi connectivity index (χ1n) is 5.36. The van der Waals surface area contributed by atoms with Crippen molar-refractivity contribution in [2.24, 2.45) is 5.14 Å². The second kappa shape index (κ2) is 6.24. The minimum atomic E-state index is -3.87. The lowest BCUT2D eigenvalue weighted by Gasteiger charge is -2.15. The summed E-state index contributed by atoms with van der Waals surface area (Å²) in [6, 6.07) is 3.62. The Labute approximate surface area is 106 Å². The third-order valence-corrected chi connectivity index (χ3v) is 3.51. The van der Waals surface area contributed by atoms with Gasteiger partial charge in [0.15, 0.2) is 0 Å². The molecule has 0 radical (unpaired) electrons. The highest BCUT2D eigenvalue weighted by atomic mass is 32.2. The molecule has 1 atom stereocenters. The van der Waals surface area contributed by atoms with E-state index in [-0.39, 0.29) is 10.9 Å². The standard InChI is InChI=1S/C11H17FN2O3S/c1-14-9(7-17-2)5-8-3-4-10(6-11(8)12)18(13,15)16/h3-4,6,9,14H,5,7H2,1-2H3,(H2,13,15,16). The number of halogens is 1. The van der Waals surface area contributed by atoms with Gasteiger partial charge in [-0.1, -0.05) is 6.07 Å². The molecule has 102 valence electrons. The fourth-order valence-corrected chi connectivity index (χ4v) is 2.11. The number of nitrogens with one attached hydrogen (secondary N) is 1. The molecule has 0 amide bonds. The molecule has 0 saturated heterocycles. The summed E-state index contributed by atoms with van der Waals surface area (Å²) in [5.74, 6) is -0.585. The van der Waals surface area contributed by atoms with Crippen LogP contribution >= 0.6 is 0 Å². The van der Waals surface area contributed by atoms with Crippen molar-refractivity contribution in [3.8, 4) is 0 Å². The molecule has 0 aliphatic heterocycles. The zero-order valence-electron chi connectivity index (χ0n) is 10.3. The molecule has 18 heavy (non-hydrogen) atoms. The van der Waals surface area contributed by atoms with E-state index in [0.29, 0.717) is 18.6 Å². The summed E-state index contributed by atoms with van der Waals surface area (Å²) in [6.07, 6.45) is 0.404. The Morgan fingerprint density at radius 1 is 1.50 bits per heavy atom. The maximum absolute atomic E-state index is 13.7. The van der Waals surface area contributed by atoms with Crippen molar-refractivity contribution in [3.63, 3.8) is 0 Å². The zero-order chi connectivity index (χ0) is 13.8. The number of hydrogen-bond acceptors (Lipinski definition) is 4. The second-order valence-electron chi connectivity index (χ2n) is 3.94. The maximum atomic E-state index is 13.7. The number of methoxy groups -OCH3 is 1. The van der Waals surface area contributed by atoms with Gasteiger partial charge in [-0.2, -0.15) is 0 Å². The fourth-order valence-electron chi connectivity index (χ4n) is 1.58. The monoisotopic (exact) mass is 276 g/mol. The first-order valence-corrected chi connectivity index (χ1v) is 6.90. The molecule has 3 N–H and O–H groups in total. The van der Waals surface area contributed by atoms with Gasteiger partial charge in [0, 0.05) is 13.2 Å². The smallest absolute Gasteiger partial charge is 0.238 e. The number of rotatable bonds is 6. The lowest BCUT2D eigenvalue weighted by molar-refractivity contribution is 0.169. The van der Waals surface area contributed by atoms with Crippen molar-refractivity contribution >= 4 is 10.0 Å². The highest BCUT2D eigenvalue weighted by Crippen LogP contribution is 2.15. The van der Waals surface area contributed by atoms with Gasteiger partial charge < -0.3 is 10.1 Å². The van der Waals surface area contributed by atoms with Crippen LogP contribution < -0.4 is 10.5 Å².